The van der Waals surface area contributed by atoms with Crippen LogP contribution in [0.5, 0.6) is 0 Å². The Morgan fingerprint density at radius 3 is 2.48 bits per heavy atom. The molecule has 0 fully saturated rings. The number of hydrogen-bond donors (Lipinski definition) is 1. The molecule has 0 aliphatic heterocycles. The molecule has 0 aliphatic rings. The monoisotopic (exact) mass is 399 g/mol. The molecule has 0 bridgehead atoms. The highest BCUT2D eigenvalue weighted by atomic mass is 35.5. The molecule has 2 rings (SSSR count). The van der Waals surface area contributed by atoms with E-state index in [1.54, 1.807) is 23.6 Å². The van der Waals surface area contributed by atoms with Crippen LogP contribution in [0.3, 0.4) is 0 Å². The molecule has 1 aromatic heterocycles. The molecular weight excluding hydrogens is 381 g/mol. The van der Waals surface area contributed by atoms with E-state index in [4.69, 9.17) is 23.2 Å². The third kappa shape index (κ3) is 5.03. The number of aliphatic carboxylic acids is 1. The molecule has 134 valence electrons. The van der Waals surface area contributed by atoms with Gasteiger partial charge in [-0.15, -0.1) is 11.3 Å². The molecular formula is C18H19Cl2NO3S. The molecule has 0 radical (unpaired) electrons. The van der Waals surface area contributed by atoms with E-state index in [1.807, 2.05) is 13.8 Å². The Morgan fingerprint density at radius 1 is 1.28 bits per heavy atom. The summed E-state index contributed by atoms with van der Waals surface area (Å²) in [4.78, 5) is 28.1. The van der Waals surface area contributed by atoms with E-state index in [-0.39, 0.29) is 24.5 Å². The molecule has 0 amide bonds. The minimum absolute atomic E-state index is 0.0179. The topological polar surface area (TPSA) is 67.3 Å². The predicted molar refractivity (Wildman–Crippen MR) is 101 cm³/mol. The van der Waals surface area contributed by atoms with Crippen molar-refractivity contribution in [3.63, 3.8) is 0 Å². The van der Waals surface area contributed by atoms with E-state index in [0.29, 0.717) is 26.3 Å². The van der Waals surface area contributed by atoms with Crippen molar-refractivity contribution in [1.82, 2.24) is 4.98 Å². The fourth-order valence-corrected chi connectivity index (χ4v) is 4.12. The number of nitrogens with zero attached hydrogens (tertiary/aromatic N) is 1. The third-order valence-electron chi connectivity index (χ3n) is 4.20. The Kier molecular flexibility index (Phi) is 6.99. The first-order chi connectivity index (χ1) is 11.8. The Morgan fingerprint density at radius 2 is 1.92 bits per heavy atom. The number of Topliss-reactive ketones (excluding diaryl/α,β-unsaturated/α-hetero) is 1. The number of carboxylic acid groups (broad SMARTS) is 1. The average Bonchev–Trinajstić information content (AvgIpc) is 2.99. The minimum atomic E-state index is -0.926. The zero-order valence-electron chi connectivity index (χ0n) is 14.0. The van der Waals surface area contributed by atoms with Crippen molar-refractivity contribution in [2.75, 3.05) is 0 Å². The van der Waals surface area contributed by atoms with Gasteiger partial charge in [0.05, 0.1) is 21.7 Å². The number of halogens is 2. The van der Waals surface area contributed by atoms with Gasteiger partial charge in [0.25, 0.3) is 0 Å². The molecule has 0 spiro atoms. The number of rotatable bonds is 8. The van der Waals surface area contributed by atoms with Crippen molar-refractivity contribution in [2.24, 2.45) is 11.8 Å². The number of benzene rings is 1. The second-order valence-corrected chi connectivity index (χ2v) is 7.66. The Hall–Kier alpha value is -1.43. The first-order valence-electron chi connectivity index (χ1n) is 7.96. The van der Waals surface area contributed by atoms with Crippen molar-refractivity contribution < 1.29 is 14.7 Å². The molecule has 0 unspecified atom stereocenters. The van der Waals surface area contributed by atoms with E-state index in [2.05, 4.69) is 4.98 Å². The molecule has 7 heteroatoms. The first-order valence-corrected chi connectivity index (χ1v) is 9.60. The largest absolute Gasteiger partial charge is 0.481 e. The number of hydrogen-bond acceptors (Lipinski definition) is 4. The highest BCUT2D eigenvalue weighted by Gasteiger charge is 2.26. The highest BCUT2D eigenvalue weighted by Crippen LogP contribution is 2.36. The summed E-state index contributed by atoms with van der Waals surface area (Å²) >= 11 is 13.7. The van der Waals surface area contributed by atoms with Crippen LogP contribution in [-0.4, -0.2) is 21.8 Å². The summed E-state index contributed by atoms with van der Waals surface area (Å²) in [5.41, 5.74) is 1.26. The lowest BCUT2D eigenvalue weighted by Gasteiger charge is -2.17. The quantitative estimate of drug-likeness (QED) is 0.647. The van der Waals surface area contributed by atoms with Gasteiger partial charge in [-0.1, -0.05) is 49.5 Å². The lowest BCUT2D eigenvalue weighted by Crippen LogP contribution is -2.25. The molecule has 2 aromatic rings. The predicted octanol–water partition coefficient (Wildman–Crippen LogP) is 5.37. The minimum Gasteiger partial charge on any atom is -0.481 e. The van der Waals surface area contributed by atoms with Gasteiger partial charge in [-0.2, -0.15) is 0 Å². The van der Waals surface area contributed by atoms with Gasteiger partial charge >= 0.3 is 5.97 Å². The van der Waals surface area contributed by atoms with Gasteiger partial charge in [0.2, 0.25) is 0 Å². The number of carboxylic acids is 1. The van der Waals surface area contributed by atoms with Crippen molar-refractivity contribution in [2.45, 2.75) is 33.1 Å². The maximum absolute atomic E-state index is 12.3. The van der Waals surface area contributed by atoms with Crippen molar-refractivity contribution in [1.29, 1.82) is 0 Å². The van der Waals surface area contributed by atoms with Gasteiger partial charge in [-0.25, -0.2) is 4.98 Å². The highest BCUT2D eigenvalue weighted by molar-refractivity contribution is 7.13. The van der Waals surface area contributed by atoms with Crippen LogP contribution < -0.4 is 0 Å². The Balaban J connectivity index is 2.11. The third-order valence-corrected chi connectivity index (χ3v) is 5.74. The maximum Gasteiger partial charge on any atom is 0.307 e. The van der Waals surface area contributed by atoms with Crippen molar-refractivity contribution in [3.05, 3.63) is 39.3 Å². The molecule has 1 aromatic carbocycles. The van der Waals surface area contributed by atoms with Gasteiger partial charge in [0.15, 0.2) is 0 Å². The van der Waals surface area contributed by atoms with Gasteiger partial charge in [0.1, 0.15) is 10.8 Å². The summed E-state index contributed by atoms with van der Waals surface area (Å²) < 4.78 is 0. The molecule has 2 atom stereocenters. The number of aromatic nitrogens is 1. The number of carbonyl (C=O) groups is 2. The van der Waals surface area contributed by atoms with E-state index in [0.717, 1.165) is 6.42 Å². The van der Waals surface area contributed by atoms with Crippen LogP contribution in [0.25, 0.3) is 10.6 Å². The summed E-state index contributed by atoms with van der Waals surface area (Å²) in [5, 5.41) is 12.7. The maximum atomic E-state index is 12.3. The zero-order chi connectivity index (χ0) is 18.6. The Labute approximate surface area is 160 Å². The molecule has 1 heterocycles. The molecule has 0 saturated carbocycles. The van der Waals surface area contributed by atoms with E-state index in [9.17, 15) is 14.7 Å². The van der Waals surface area contributed by atoms with E-state index in [1.165, 1.54) is 11.3 Å². The second kappa shape index (κ2) is 8.79. The summed E-state index contributed by atoms with van der Waals surface area (Å²) in [5.74, 6) is -1.76. The fraction of sp³-hybridized carbons (Fsp3) is 0.389. The summed E-state index contributed by atoms with van der Waals surface area (Å²) in [6.45, 7) is 3.78. The number of ketones is 1. The molecule has 0 aliphatic carbocycles. The lowest BCUT2D eigenvalue weighted by atomic mass is 9.87. The standard InChI is InChI=1S/C18H19Cl2NO3S/c1-3-10(2)13(18(23)24)8-12(22)7-11-9-25-17(21-11)16-14(19)5-4-6-15(16)20/h4-6,9-10,13H,3,7-8H2,1-2H3,(H,23,24)/t10-,13-/m0/s1. The fourth-order valence-electron chi connectivity index (χ4n) is 2.54. The van der Waals surface area contributed by atoms with Crippen LogP contribution in [0, 0.1) is 11.8 Å². The van der Waals surface area contributed by atoms with Gasteiger partial charge in [-0.05, 0) is 18.1 Å². The van der Waals surface area contributed by atoms with Gasteiger partial charge < -0.3 is 5.11 Å². The van der Waals surface area contributed by atoms with Gasteiger partial charge in [0, 0.05) is 23.8 Å². The van der Waals surface area contributed by atoms with Crippen LogP contribution >= 0.6 is 34.5 Å². The van der Waals surface area contributed by atoms with Crippen LogP contribution in [0.2, 0.25) is 10.0 Å². The van der Waals surface area contributed by atoms with E-state index < -0.39 is 11.9 Å². The van der Waals surface area contributed by atoms with E-state index >= 15 is 0 Å². The smallest absolute Gasteiger partial charge is 0.307 e. The average molecular weight is 400 g/mol. The van der Waals surface area contributed by atoms with Crippen LogP contribution in [0.15, 0.2) is 23.6 Å². The molecule has 1 N–H and O–H groups in total. The number of thiazole rings is 1. The first kappa shape index (κ1) is 19.9. The van der Waals surface area contributed by atoms with Crippen LogP contribution in [-0.2, 0) is 16.0 Å². The molecule has 0 saturated heterocycles. The SMILES string of the molecule is CC[C@H](C)[C@H](CC(=O)Cc1csc(-c2c(Cl)cccc2Cl)n1)C(=O)O. The second-order valence-electron chi connectivity index (χ2n) is 5.99. The summed E-state index contributed by atoms with van der Waals surface area (Å²) in [7, 11) is 0. The Bertz CT molecular complexity index is 755. The molecule has 4 nitrogen and oxygen atoms in total. The van der Waals surface area contributed by atoms with Crippen molar-refractivity contribution in [3.8, 4) is 10.6 Å². The van der Waals surface area contributed by atoms with Crippen LogP contribution in [0.4, 0.5) is 0 Å². The van der Waals surface area contributed by atoms with Crippen molar-refractivity contribution >= 4 is 46.3 Å². The van der Waals surface area contributed by atoms with Gasteiger partial charge in [-0.3, -0.25) is 9.59 Å². The summed E-state index contributed by atoms with van der Waals surface area (Å²) in [6.07, 6.45) is 0.846. The summed E-state index contributed by atoms with van der Waals surface area (Å²) in [6, 6.07) is 5.23. The number of carbonyl (C=O) groups excluding carboxylic acids is 1. The zero-order valence-corrected chi connectivity index (χ0v) is 16.3. The lowest BCUT2D eigenvalue weighted by molar-refractivity contribution is -0.145. The van der Waals surface area contributed by atoms with Crippen LogP contribution in [0.1, 0.15) is 32.4 Å². The normalized spacial score (nSPS) is 13.4. The molecule has 25 heavy (non-hydrogen) atoms.